The molecule has 2 atom stereocenters. The molecule has 2 aliphatic rings. The molecular formula is C23H29N5O4. The molecule has 1 amide bonds. The molecule has 1 fully saturated rings. The van der Waals surface area contributed by atoms with Gasteiger partial charge in [0.15, 0.2) is 6.23 Å². The summed E-state index contributed by atoms with van der Waals surface area (Å²) in [5.74, 6) is 1.60. The zero-order chi connectivity index (χ0) is 22.1. The van der Waals surface area contributed by atoms with Crippen LogP contribution in [-0.2, 0) is 22.9 Å². The number of hydrogen-bond acceptors (Lipinski definition) is 6. The number of nitrogens with zero attached hydrogens (tertiary/aromatic N) is 4. The Bertz CT molecular complexity index is 1120. The first-order chi connectivity index (χ1) is 15.6. The van der Waals surface area contributed by atoms with Gasteiger partial charge in [0.05, 0.1) is 11.6 Å². The topological polar surface area (TPSA) is 92.4 Å². The highest BCUT2D eigenvalue weighted by Gasteiger charge is 2.24. The number of nitrogens with one attached hydrogen (secondary N) is 1. The Kier molecular flexibility index (Phi) is 5.73. The zero-order valence-corrected chi connectivity index (χ0v) is 18.5. The van der Waals surface area contributed by atoms with E-state index < -0.39 is 6.09 Å². The minimum Gasteiger partial charge on any atom is -0.491 e. The summed E-state index contributed by atoms with van der Waals surface area (Å²) in [6, 6.07) is 6.06. The Balaban J connectivity index is 1.60. The molecule has 9 nitrogen and oxygen atoms in total. The number of aryl methyl sites for hydroxylation is 1. The third-order valence-electron chi connectivity index (χ3n) is 6.04. The van der Waals surface area contributed by atoms with Crippen LogP contribution < -0.4 is 10.1 Å². The second-order valence-electron chi connectivity index (χ2n) is 8.48. The molecule has 170 valence electrons. The molecule has 1 unspecified atom stereocenters. The van der Waals surface area contributed by atoms with Crippen LogP contribution in [0.5, 0.6) is 5.75 Å². The van der Waals surface area contributed by atoms with E-state index in [0.29, 0.717) is 19.4 Å². The van der Waals surface area contributed by atoms with Crippen molar-refractivity contribution in [1.82, 2.24) is 24.6 Å². The van der Waals surface area contributed by atoms with E-state index in [1.807, 2.05) is 41.5 Å². The smallest absolute Gasteiger partial charge is 0.407 e. The lowest BCUT2D eigenvalue weighted by molar-refractivity contribution is -0.0365. The van der Waals surface area contributed by atoms with Crippen LogP contribution in [0.1, 0.15) is 44.7 Å². The molecule has 0 spiro atoms. The molecular weight excluding hydrogens is 410 g/mol. The van der Waals surface area contributed by atoms with Crippen molar-refractivity contribution < 1.29 is 19.0 Å². The largest absolute Gasteiger partial charge is 0.491 e. The molecule has 0 saturated carbocycles. The average Bonchev–Trinajstić information content (AvgIpc) is 3.34. The quantitative estimate of drug-likeness (QED) is 0.623. The average molecular weight is 440 g/mol. The molecule has 1 N–H and O–H groups in total. The van der Waals surface area contributed by atoms with E-state index in [-0.39, 0.29) is 18.9 Å². The summed E-state index contributed by atoms with van der Waals surface area (Å²) in [6.07, 6.45) is 5.76. The molecule has 2 aromatic heterocycles. The third-order valence-corrected chi connectivity index (χ3v) is 6.04. The second-order valence-corrected chi connectivity index (χ2v) is 8.48. The fourth-order valence-corrected chi connectivity index (χ4v) is 4.32. The Morgan fingerprint density at radius 2 is 2.09 bits per heavy atom. The lowest BCUT2D eigenvalue weighted by atomic mass is 10.1. The molecule has 9 heteroatoms. The van der Waals surface area contributed by atoms with Gasteiger partial charge in [-0.2, -0.15) is 5.10 Å². The van der Waals surface area contributed by atoms with E-state index in [4.69, 9.17) is 24.3 Å². The summed E-state index contributed by atoms with van der Waals surface area (Å²) in [6.45, 7) is 3.49. The highest BCUT2D eigenvalue weighted by Crippen LogP contribution is 2.34. The van der Waals surface area contributed by atoms with Crippen LogP contribution in [0.2, 0.25) is 0 Å². The first-order valence-corrected chi connectivity index (χ1v) is 11.3. The Hall–Kier alpha value is -3.07. The molecule has 32 heavy (non-hydrogen) atoms. The number of rotatable bonds is 1. The fraction of sp³-hybridized carbons (Fsp3) is 0.522. The Morgan fingerprint density at radius 1 is 1.19 bits per heavy atom. The predicted molar refractivity (Wildman–Crippen MR) is 119 cm³/mol. The molecule has 3 aromatic rings. The Morgan fingerprint density at radius 3 is 2.94 bits per heavy atom. The molecule has 4 bridgehead atoms. The number of aromatic nitrogens is 4. The van der Waals surface area contributed by atoms with Crippen molar-refractivity contribution in [1.29, 1.82) is 0 Å². The number of ether oxygens (including phenoxy) is 3. The molecule has 0 aliphatic carbocycles. The normalized spacial score (nSPS) is 22.4. The van der Waals surface area contributed by atoms with Crippen molar-refractivity contribution in [3.63, 3.8) is 0 Å². The molecule has 1 aromatic carbocycles. The zero-order valence-electron chi connectivity index (χ0n) is 18.5. The number of carbonyl (C=O) groups is 1. The van der Waals surface area contributed by atoms with Gasteiger partial charge in [-0.1, -0.05) is 0 Å². The first kappa shape index (κ1) is 20.8. The van der Waals surface area contributed by atoms with Crippen molar-refractivity contribution in [2.75, 3.05) is 19.8 Å². The van der Waals surface area contributed by atoms with Gasteiger partial charge in [0, 0.05) is 44.6 Å². The summed E-state index contributed by atoms with van der Waals surface area (Å²) in [7, 11) is 1.94. The van der Waals surface area contributed by atoms with E-state index >= 15 is 0 Å². The Labute approximate surface area is 186 Å². The van der Waals surface area contributed by atoms with Crippen molar-refractivity contribution >= 4 is 17.0 Å². The van der Waals surface area contributed by atoms with Gasteiger partial charge in [-0.25, -0.2) is 14.5 Å². The van der Waals surface area contributed by atoms with Crippen LogP contribution in [0.3, 0.4) is 0 Å². The van der Waals surface area contributed by atoms with Gasteiger partial charge < -0.3 is 24.1 Å². The van der Waals surface area contributed by atoms with Gasteiger partial charge in [-0.05, 0) is 44.4 Å². The van der Waals surface area contributed by atoms with Crippen molar-refractivity contribution in [2.24, 2.45) is 7.05 Å². The minimum atomic E-state index is -0.423. The minimum absolute atomic E-state index is 0.0673. The standard InChI is InChI=1S/C23H29N5O4/c1-15-8-10-24-23(29)31-12-9-20-25-18(14-27(20)2)22-17-13-16(32-15)6-7-19(17)28(26-22)21-5-3-4-11-30-21/h6-7,13-15,21H,3-5,8-12H2,1-2H3,(H,24,29)/t15-,21?/m1/s1. The van der Waals surface area contributed by atoms with E-state index in [2.05, 4.69) is 11.4 Å². The fourth-order valence-electron chi connectivity index (χ4n) is 4.32. The first-order valence-electron chi connectivity index (χ1n) is 11.3. The van der Waals surface area contributed by atoms with Gasteiger partial charge in [0.2, 0.25) is 0 Å². The van der Waals surface area contributed by atoms with Crippen molar-refractivity contribution in [3.8, 4) is 17.1 Å². The van der Waals surface area contributed by atoms with Gasteiger partial charge in [-0.15, -0.1) is 0 Å². The number of cyclic esters (lactones) is 1. The summed E-state index contributed by atoms with van der Waals surface area (Å²) in [4.78, 5) is 16.7. The molecule has 5 rings (SSSR count). The maximum absolute atomic E-state index is 11.9. The number of amides is 1. The highest BCUT2D eigenvalue weighted by molar-refractivity contribution is 5.93. The second kappa shape index (κ2) is 8.82. The lowest BCUT2D eigenvalue weighted by Gasteiger charge is -2.23. The number of benzene rings is 1. The van der Waals surface area contributed by atoms with E-state index in [9.17, 15) is 4.79 Å². The van der Waals surface area contributed by atoms with E-state index in [1.54, 1.807) is 0 Å². The SMILES string of the molecule is C[C@@H]1CCNC(=O)OCCc2nc(cn2C)-c2nn(C3CCCCO3)c3ccc(cc23)O1. The van der Waals surface area contributed by atoms with Gasteiger partial charge in [0.1, 0.15) is 29.6 Å². The molecule has 4 heterocycles. The summed E-state index contributed by atoms with van der Waals surface area (Å²) >= 11 is 0. The molecule has 2 aliphatic heterocycles. The van der Waals surface area contributed by atoms with Crippen molar-refractivity contribution in [3.05, 3.63) is 30.2 Å². The summed E-state index contributed by atoms with van der Waals surface area (Å²) in [5, 5.41) is 8.73. The maximum Gasteiger partial charge on any atom is 0.407 e. The van der Waals surface area contributed by atoms with Crippen LogP contribution in [0, 0.1) is 0 Å². The van der Waals surface area contributed by atoms with Crippen molar-refractivity contribution in [2.45, 2.75) is 51.4 Å². The monoisotopic (exact) mass is 439 g/mol. The third kappa shape index (κ3) is 4.17. The van der Waals surface area contributed by atoms with Crippen LogP contribution in [0.4, 0.5) is 4.79 Å². The number of hydrogen-bond donors (Lipinski definition) is 1. The number of alkyl carbamates (subject to hydrolysis) is 1. The number of fused-ring (bicyclic) bond motifs is 4. The van der Waals surface area contributed by atoms with Crippen LogP contribution in [0.25, 0.3) is 22.3 Å². The summed E-state index contributed by atoms with van der Waals surface area (Å²) < 4.78 is 21.4. The summed E-state index contributed by atoms with van der Waals surface area (Å²) in [5.41, 5.74) is 2.60. The lowest BCUT2D eigenvalue weighted by Crippen LogP contribution is -2.29. The molecule has 1 saturated heterocycles. The highest BCUT2D eigenvalue weighted by atomic mass is 16.5. The van der Waals surface area contributed by atoms with Crippen LogP contribution in [0.15, 0.2) is 24.4 Å². The maximum atomic E-state index is 11.9. The van der Waals surface area contributed by atoms with Crippen LogP contribution in [-0.4, -0.2) is 51.3 Å². The molecule has 0 radical (unpaired) electrons. The van der Waals surface area contributed by atoms with E-state index in [1.165, 1.54) is 0 Å². The van der Waals surface area contributed by atoms with Gasteiger partial charge in [-0.3, -0.25) is 0 Å². The van der Waals surface area contributed by atoms with Gasteiger partial charge >= 0.3 is 6.09 Å². The predicted octanol–water partition coefficient (Wildman–Crippen LogP) is 3.58. The van der Waals surface area contributed by atoms with Crippen LogP contribution >= 0.6 is 0 Å². The van der Waals surface area contributed by atoms with E-state index in [0.717, 1.165) is 59.7 Å². The number of carbonyl (C=O) groups excluding carboxylic acids is 1. The van der Waals surface area contributed by atoms with Gasteiger partial charge in [0.25, 0.3) is 0 Å². The number of imidazole rings is 1.